The Labute approximate surface area is 793 Å². The summed E-state index contributed by atoms with van der Waals surface area (Å²) in [6.45, 7) is 40.9. The Balaban J connectivity index is 0.000000151. The van der Waals surface area contributed by atoms with Crippen LogP contribution in [0.2, 0.25) is 0 Å². The molecule has 13 heteroatoms. The van der Waals surface area contributed by atoms with Crippen molar-refractivity contribution in [3.63, 3.8) is 0 Å². The van der Waals surface area contributed by atoms with Gasteiger partial charge in [-0.25, -0.2) is 27.4 Å². The lowest BCUT2D eigenvalue weighted by atomic mass is 10.0. The van der Waals surface area contributed by atoms with E-state index in [-0.39, 0.29) is 0 Å². The van der Waals surface area contributed by atoms with E-state index in [4.69, 9.17) is 6.42 Å². The zero-order valence-electron chi connectivity index (χ0n) is 77.9. The lowest BCUT2D eigenvalue weighted by molar-refractivity contribution is -0.669. The number of aromatic nitrogens is 10. The number of unbranched alkanes of at least 4 members (excludes halogenated alkanes) is 1. The lowest BCUT2D eigenvalue weighted by Crippen LogP contribution is -2.39. The molecule has 130 heavy (non-hydrogen) atoms. The Bertz CT molecular complexity index is 6930. The molecule has 0 aliphatic rings. The van der Waals surface area contributed by atoms with Crippen molar-refractivity contribution in [3.05, 3.63) is 451 Å². The van der Waals surface area contributed by atoms with Crippen molar-refractivity contribution in [1.29, 1.82) is 0 Å². The van der Waals surface area contributed by atoms with Gasteiger partial charge in [-0.15, -0.1) is 6.42 Å². The molecule has 0 amide bonds. The minimum absolute atomic E-state index is 0.805. The minimum Gasteiger partial charge on any atom is -0.223 e. The van der Waals surface area contributed by atoms with E-state index in [2.05, 4.69) is 501 Å². The van der Waals surface area contributed by atoms with Gasteiger partial charge in [-0.3, -0.25) is 0 Å². The van der Waals surface area contributed by atoms with E-state index in [0.717, 1.165) is 95.1 Å². The van der Waals surface area contributed by atoms with Gasteiger partial charge < -0.3 is 0 Å². The Morgan fingerprint density at radius 2 is 0.546 bits per heavy atom. The highest BCUT2D eigenvalue weighted by atomic mass is 79.9. The molecule has 18 aromatic rings. The Kier molecular flexibility index (Phi) is 27.7. The predicted octanol–water partition coefficient (Wildman–Crippen LogP) is 25.4. The highest BCUT2D eigenvalue weighted by Gasteiger charge is 2.35. The number of rotatable bonds is 21. The molecule has 13 aromatic carbocycles. The third-order valence-corrected chi connectivity index (χ3v) is 27.3. The summed E-state index contributed by atoms with van der Waals surface area (Å²) >= 11 is 11.3. The van der Waals surface area contributed by atoms with Crippen LogP contribution in [0.25, 0.3) is 55.8 Å². The molecule has 5 heterocycles. The lowest BCUT2D eigenvalue weighted by Gasteiger charge is -2.12. The fraction of sp³-hybridized carbons (Fsp3) is 0.222. The summed E-state index contributed by atoms with van der Waals surface area (Å²) in [5.74, 6) is 16.0. The normalized spacial score (nSPS) is 11.3. The molecular weight excluding hydrogens is 1790 g/mol. The van der Waals surface area contributed by atoms with Crippen LogP contribution >= 0.6 is 47.8 Å². The molecule has 0 fully saturated rings. The average molecular weight is 1900 g/mol. The smallest absolute Gasteiger partial charge is 0.223 e. The summed E-state index contributed by atoms with van der Waals surface area (Å²) in [6.07, 6.45) is 9.75. The zero-order valence-corrected chi connectivity index (χ0v) is 82.6. The molecule has 0 aliphatic carbocycles. The van der Waals surface area contributed by atoms with Crippen LogP contribution in [0.3, 0.4) is 0 Å². The maximum Gasteiger partial charge on any atom is 0.264 e. The van der Waals surface area contributed by atoms with Crippen LogP contribution in [-0.2, 0) is 52.1 Å². The summed E-state index contributed by atoms with van der Waals surface area (Å²) in [4.78, 5) is 0. The van der Waals surface area contributed by atoms with Gasteiger partial charge in [0.05, 0.1) is 0 Å². The third-order valence-electron chi connectivity index (χ3n) is 25.9. The van der Waals surface area contributed by atoms with Crippen LogP contribution in [0, 0.1) is 135 Å². The van der Waals surface area contributed by atoms with Crippen LogP contribution in [0.5, 0.6) is 0 Å². The van der Waals surface area contributed by atoms with E-state index in [0.29, 0.717) is 0 Å². The van der Waals surface area contributed by atoms with E-state index in [1.54, 1.807) is 0 Å². The number of fused-ring (bicyclic) bond motifs is 3. The van der Waals surface area contributed by atoms with E-state index >= 15 is 0 Å². The van der Waals surface area contributed by atoms with Gasteiger partial charge in [0, 0.05) is 110 Å². The SMILES string of the molecule is C#Cc1ccc2c(c1)n(Cc1ccccc1)c(C)[n+]2Cc1ccccc1.Cc1cc(C)c(-n2c(C)c(CCCCc3c(C)n(-c4c(C)cc(Br)cc4C)c(C)[n+]3-c3c(C)cc(Br)cc3C)[n+](-c3c(C)cc(Br)cc3C)c2C)c(C)c1.Cc1n(Cc2ccccc2)c2cc(C#Cc3ccc4c(c3)n(Cc3ccccc3)c(C)[n+]4Cc3ccccc3)ccc2[n+]1Cc1ccccc1. The van der Waals surface area contributed by atoms with Crippen molar-refractivity contribution in [2.24, 2.45) is 0 Å². The number of nitrogens with zero attached hydrogens (tertiary/aromatic N) is 10. The number of aryl methyl sites for hydroxylation is 9. The molecule has 0 saturated carbocycles. The molecule has 0 spiro atoms. The molecule has 0 bridgehead atoms. The average Bonchev–Trinajstić information content (AvgIpc) is 1.60. The van der Waals surface area contributed by atoms with Crippen molar-refractivity contribution >= 4 is 80.9 Å². The molecule has 0 aliphatic heterocycles. The minimum atomic E-state index is 0.805. The van der Waals surface area contributed by atoms with Crippen LogP contribution < -0.4 is 22.8 Å². The summed E-state index contributed by atoms with van der Waals surface area (Å²) in [7, 11) is 0. The van der Waals surface area contributed by atoms with Gasteiger partial charge in [0.25, 0.3) is 29.1 Å². The number of hydrogen-bond donors (Lipinski definition) is 0. The summed E-state index contributed by atoms with van der Waals surface area (Å²) < 4.78 is 27.9. The van der Waals surface area contributed by atoms with Crippen LogP contribution in [-0.4, -0.2) is 22.8 Å². The van der Waals surface area contributed by atoms with Gasteiger partial charge in [0.1, 0.15) is 73.4 Å². The highest BCUT2D eigenvalue weighted by molar-refractivity contribution is 9.11. The van der Waals surface area contributed by atoms with Crippen molar-refractivity contribution in [1.82, 2.24) is 22.8 Å². The van der Waals surface area contributed by atoms with Crippen molar-refractivity contribution in [3.8, 4) is 46.9 Å². The number of benzene rings is 13. The molecular formula is C117H116Br3N10+5. The van der Waals surface area contributed by atoms with E-state index in [9.17, 15) is 0 Å². The Hall–Kier alpha value is -12.8. The molecule has 0 N–H and O–H groups in total. The Morgan fingerprint density at radius 3 is 0.838 bits per heavy atom. The molecule has 650 valence electrons. The van der Waals surface area contributed by atoms with Crippen LogP contribution in [0.4, 0.5) is 0 Å². The molecule has 5 aromatic heterocycles. The molecule has 18 rings (SSSR count). The number of halogens is 3. The second-order valence-corrected chi connectivity index (χ2v) is 37.9. The van der Waals surface area contributed by atoms with Gasteiger partial charge in [-0.1, -0.05) is 265 Å². The van der Waals surface area contributed by atoms with E-state index in [1.165, 1.54) is 191 Å². The second-order valence-electron chi connectivity index (χ2n) is 35.2. The third kappa shape index (κ3) is 19.2. The van der Waals surface area contributed by atoms with Gasteiger partial charge in [0.15, 0.2) is 44.5 Å². The monoisotopic (exact) mass is 1900 g/mol. The Morgan fingerprint density at radius 1 is 0.285 bits per heavy atom. The maximum atomic E-state index is 5.65. The van der Waals surface area contributed by atoms with Crippen molar-refractivity contribution in [2.45, 2.75) is 176 Å². The van der Waals surface area contributed by atoms with Gasteiger partial charge in [-0.05, 0) is 226 Å². The van der Waals surface area contributed by atoms with Crippen LogP contribution in [0.15, 0.2) is 299 Å². The topological polar surface area (TPSA) is 44.0 Å². The summed E-state index contributed by atoms with van der Waals surface area (Å²) in [6, 6.07) is 102. The molecule has 0 unspecified atom stereocenters. The predicted molar refractivity (Wildman–Crippen MR) is 544 cm³/mol. The fourth-order valence-electron chi connectivity index (χ4n) is 19.9. The van der Waals surface area contributed by atoms with Gasteiger partial charge >= 0.3 is 0 Å². The largest absolute Gasteiger partial charge is 0.264 e. The first-order valence-electron chi connectivity index (χ1n) is 45.2. The van der Waals surface area contributed by atoms with Gasteiger partial charge in [0.2, 0.25) is 0 Å². The molecule has 0 saturated heterocycles. The number of terminal acetylenes is 1. The van der Waals surface area contributed by atoms with Crippen molar-refractivity contribution < 1.29 is 22.8 Å². The number of imidazole rings is 5. The molecule has 10 nitrogen and oxygen atoms in total. The zero-order chi connectivity index (χ0) is 91.3. The van der Waals surface area contributed by atoms with E-state index < -0.39 is 0 Å². The first-order valence-corrected chi connectivity index (χ1v) is 47.6. The first-order chi connectivity index (χ1) is 62.8. The summed E-state index contributed by atoms with van der Waals surface area (Å²) in [5.41, 5.74) is 39.9. The quantitative estimate of drug-likeness (QED) is 0.0391. The van der Waals surface area contributed by atoms with Crippen molar-refractivity contribution in [2.75, 3.05) is 0 Å². The highest BCUT2D eigenvalue weighted by Crippen LogP contribution is 2.34. The second kappa shape index (κ2) is 39.7. The molecule has 0 atom stereocenters. The first kappa shape index (κ1) is 90.6. The van der Waals surface area contributed by atoms with Crippen LogP contribution in [0.1, 0.15) is 165 Å². The number of hydrogen-bond acceptors (Lipinski definition) is 0. The molecule has 0 radical (unpaired) electrons. The van der Waals surface area contributed by atoms with E-state index in [1.807, 2.05) is 6.07 Å². The maximum absolute atomic E-state index is 5.65. The van der Waals surface area contributed by atoms with Gasteiger partial charge in [-0.2, -0.15) is 18.3 Å². The summed E-state index contributed by atoms with van der Waals surface area (Å²) in [5, 5.41) is 0. The standard InChI is InChI=1S/C47H55Br3N4.C46H40N4.C24H21N2/c1-26-18-27(2)44(28(3)19-26)51-35(10)42(53(37(51)12)46-31(6)22-40(49)23-32(46)7)16-14-15-17-43-36(11)52(45-29(4)20-39(48)21-30(45)5)38(13)54(43)47-33(8)24-41(50)25-34(47)9;1-35-47(31-39-15-7-3-8-16-39)43-27-25-37(29-45(43)49(35)33-41-19-11-5-12-20-41)23-24-38-26-28-44-46(30-38)50(34-42-21-13-6-14-22-42)36(2)48(44)32-40-17-9-4-10-18-40;1-3-20-14-15-23-24(16-20)26(18-22-12-8-5-9-13-22)19(2)25(23)17-21-10-6-4-7-11-21/h18-25H,14-17H2,1-13H3;3-22,25-30H,31-34H2,1-2H3;1,4-16H,17-18H2,2H3/q2*+2;+1. The fourth-order valence-corrected chi connectivity index (χ4v) is 22.0.